The van der Waals surface area contributed by atoms with E-state index in [9.17, 15) is 13.2 Å². The van der Waals surface area contributed by atoms with Crippen LogP contribution in [0.5, 0.6) is 0 Å². The molecule has 2 heterocycles. The van der Waals surface area contributed by atoms with E-state index in [0.717, 1.165) is 5.56 Å². The highest BCUT2D eigenvalue weighted by Crippen LogP contribution is 2.39. The van der Waals surface area contributed by atoms with Crippen LogP contribution in [0.4, 0.5) is 0 Å². The van der Waals surface area contributed by atoms with Crippen molar-refractivity contribution in [2.24, 2.45) is 0 Å². The van der Waals surface area contributed by atoms with Crippen molar-refractivity contribution < 1.29 is 27.4 Å². The third kappa shape index (κ3) is 5.59. The largest absolute Gasteiger partial charge is 0.367 e. The molecule has 8 nitrogen and oxygen atoms in total. The molecule has 2 aliphatic rings. The molecule has 164 valence electrons. The molecule has 1 aromatic rings. The van der Waals surface area contributed by atoms with Gasteiger partial charge in [-0.1, -0.05) is 18.1 Å². The first-order chi connectivity index (χ1) is 14.1. The van der Waals surface area contributed by atoms with Gasteiger partial charge in [-0.3, -0.25) is 4.79 Å². The van der Waals surface area contributed by atoms with Crippen molar-refractivity contribution in [3.05, 3.63) is 29.8 Å². The summed E-state index contributed by atoms with van der Waals surface area (Å²) in [5.41, 5.74) is 0.950. The fourth-order valence-electron chi connectivity index (χ4n) is 3.72. The summed E-state index contributed by atoms with van der Waals surface area (Å²) in [6, 6.07) is 6.74. The predicted octanol–water partition coefficient (Wildman–Crippen LogP) is 0.607. The normalized spacial score (nSPS) is 27.4. The van der Waals surface area contributed by atoms with Crippen molar-refractivity contribution in [3.8, 4) is 12.3 Å². The maximum absolute atomic E-state index is 12.1. The molecule has 1 amide bonds. The van der Waals surface area contributed by atoms with Gasteiger partial charge in [0, 0.05) is 19.3 Å². The third-order valence-electron chi connectivity index (χ3n) is 5.05. The quantitative estimate of drug-likeness (QED) is 0.576. The highest BCUT2D eigenvalue weighted by atomic mass is 32.2. The zero-order valence-electron chi connectivity index (χ0n) is 17.4. The van der Waals surface area contributed by atoms with Crippen LogP contribution in [0.2, 0.25) is 0 Å². The molecular formula is C21H28N2O6S. The number of rotatable bonds is 8. The summed E-state index contributed by atoms with van der Waals surface area (Å²) >= 11 is 0. The first-order valence-electron chi connectivity index (χ1n) is 9.80. The number of benzene rings is 1. The van der Waals surface area contributed by atoms with E-state index in [1.807, 2.05) is 13.8 Å². The van der Waals surface area contributed by atoms with Crippen molar-refractivity contribution in [3.63, 3.8) is 0 Å². The Labute approximate surface area is 177 Å². The van der Waals surface area contributed by atoms with E-state index in [4.69, 9.17) is 20.6 Å². The Bertz CT molecular complexity index is 906. The van der Waals surface area contributed by atoms with E-state index in [2.05, 4.69) is 16.6 Å². The van der Waals surface area contributed by atoms with E-state index in [1.54, 1.807) is 24.3 Å². The fraction of sp³-hybridized carbons (Fsp3) is 0.571. The van der Waals surface area contributed by atoms with Crippen molar-refractivity contribution in [2.45, 2.75) is 61.9 Å². The van der Waals surface area contributed by atoms with Crippen molar-refractivity contribution in [1.29, 1.82) is 0 Å². The smallest absolute Gasteiger partial charge is 0.223 e. The minimum absolute atomic E-state index is 0.145. The molecule has 2 fully saturated rings. The number of ether oxygens (including phenoxy) is 3. The Balaban J connectivity index is 1.57. The molecule has 0 radical (unpaired) electrons. The van der Waals surface area contributed by atoms with Crippen LogP contribution >= 0.6 is 0 Å². The number of carbonyl (C=O) groups is 1. The number of sulfone groups is 1. The minimum Gasteiger partial charge on any atom is -0.367 e. The first kappa shape index (κ1) is 22.7. The summed E-state index contributed by atoms with van der Waals surface area (Å²) in [7, 11) is -3.21. The molecule has 0 spiro atoms. The standard InChI is InChI=1S/C21H28N2O6S/c1-5-10-23-18(24)11-16-19-20(29-21(2,3)28-19)17(27-16)13-22-12-14-6-8-15(9-7-14)30(4,25)26/h1,6-9,16-17,19-20,22H,10-13H2,2-4H3,(H,23,24)/t16-,17+,19-,20+/m0/s1. The van der Waals surface area contributed by atoms with E-state index in [-0.39, 0.29) is 42.1 Å². The summed E-state index contributed by atoms with van der Waals surface area (Å²) < 4.78 is 41.2. The van der Waals surface area contributed by atoms with Crippen LogP contribution in [-0.2, 0) is 35.4 Å². The number of hydrogen-bond acceptors (Lipinski definition) is 7. The Kier molecular flexibility index (Phi) is 6.84. The molecule has 1 aromatic carbocycles. The summed E-state index contributed by atoms with van der Waals surface area (Å²) in [5.74, 6) is 1.44. The van der Waals surface area contributed by atoms with E-state index < -0.39 is 21.7 Å². The molecule has 2 N–H and O–H groups in total. The lowest BCUT2D eigenvalue weighted by atomic mass is 10.1. The lowest BCUT2D eigenvalue weighted by molar-refractivity contribution is -0.187. The second-order valence-corrected chi connectivity index (χ2v) is 10.0. The predicted molar refractivity (Wildman–Crippen MR) is 110 cm³/mol. The van der Waals surface area contributed by atoms with Crippen LogP contribution in [0.25, 0.3) is 0 Å². The number of hydrogen-bond donors (Lipinski definition) is 2. The van der Waals surface area contributed by atoms with Gasteiger partial charge in [0.15, 0.2) is 15.6 Å². The number of carbonyl (C=O) groups excluding carboxylic acids is 1. The fourth-order valence-corrected chi connectivity index (χ4v) is 4.35. The maximum Gasteiger partial charge on any atom is 0.223 e. The number of fused-ring (bicyclic) bond motifs is 1. The van der Waals surface area contributed by atoms with Gasteiger partial charge in [-0.15, -0.1) is 6.42 Å². The number of amides is 1. The second-order valence-electron chi connectivity index (χ2n) is 8.01. The average Bonchev–Trinajstić information content (AvgIpc) is 3.14. The monoisotopic (exact) mass is 436 g/mol. The van der Waals surface area contributed by atoms with Gasteiger partial charge in [-0.2, -0.15) is 0 Å². The van der Waals surface area contributed by atoms with E-state index in [1.165, 1.54) is 6.26 Å². The second kappa shape index (κ2) is 9.04. The van der Waals surface area contributed by atoms with Gasteiger partial charge >= 0.3 is 0 Å². The van der Waals surface area contributed by atoms with Crippen molar-refractivity contribution in [2.75, 3.05) is 19.3 Å². The average molecular weight is 437 g/mol. The van der Waals surface area contributed by atoms with Crippen molar-refractivity contribution >= 4 is 15.7 Å². The molecule has 30 heavy (non-hydrogen) atoms. The van der Waals surface area contributed by atoms with Crippen LogP contribution in [0.1, 0.15) is 25.8 Å². The SMILES string of the molecule is C#CCNC(=O)C[C@@H]1O[C@H](CNCc2ccc(S(C)(=O)=O)cc2)[C@H]2OC(C)(C)O[C@H]21. The molecule has 0 bridgehead atoms. The highest BCUT2D eigenvalue weighted by molar-refractivity contribution is 7.90. The minimum atomic E-state index is -3.21. The molecule has 0 saturated carbocycles. The molecule has 4 atom stereocenters. The van der Waals surface area contributed by atoms with Gasteiger partial charge in [-0.25, -0.2) is 8.42 Å². The van der Waals surface area contributed by atoms with Crippen LogP contribution in [0, 0.1) is 12.3 Å². The van der Waals surface area contributed by atoms with Gasteiger partial charge < -0.3 is 24.8 Å². The zero-order chi connectivity index (χ0) is 21.9. The van der Waals surface area contributed by atoms with Gasteiger partial charge in [-0.05, 0) is 31.5 Å². The lowest BCUT2D eigenvalue weighted by Crippen LogP contribution is -2.37. The van der Waals surface area contributed by atoms with Crippen LogP contribution < -0.4 is 10.6 Å². The Morgan fingerprint density at radius 3 is 2.40 bits per heavy atom. The molecule has 3 rings (SSSR count). The zero-order valence-corrected chi connectivity index (χ0v) is 18.2. The van der Waals surface area contributed by atoms with E-state index in [0.29, 0.717) is 13.1 Å². The van der Waals surface area contributed by atoms with Gasteiger partial charge in [0.1, 0.15) is 12.2 Å². The molecule has 2 saturated heterocycles. The Hall–Kier alpha value is -1.96. The highest BCUT2D eigenvalue weighted by Gasteiger charge is 2.55. The first-order valence-corrected chi connectivity index (χ1v) is 11.7. The molecule has 0 aliphatic carbocycles. The summed E-state index contributed by atoms with van der Waals surface area (Å²) in [5, 5.41) is 5.96. The summed E-state index contributed by atoms with van der Waals surface area (Å²) in [6.07, 6.45) is 5.19. The summed E-state index contributed by atoms with van der Waals surface area (Å²) in [6.45, 7) is 4.89. The Morgan fingerprint density at radius 1 is 1.17 bits per heavy atom. The molecule has 2 aliphatic heterocycles. The van der Waals surface area contributed by atoms with Crippen molar-refractivity contribution in [1.82, 2.24) is 10.6 Å². The van der Waals surface area contributed by atoms with Gasteiger partial charge in [0.05, 0.1) is 30.1 Å². The topological polar surface area (TPSA) is 103 Å². The Morgan fingerprint density at radius 2 is 1.80 bits per heavy atom. The lowest BCUT2D eigenvalue weighted by Gasteiger charge is -2.24. The maximum atomic E-state index is 12.1. The van der Waals surface area contributed by atoms with Crippen LogP contribution in [-0.4, -0.2) is 63.9 Å². The summed E-state index contributed by atoms with van der Waals surface area (Å²) in [4.78, 5) is 12.4. The molecular weight excluding hydrogens is 408 g/mol. The number of terminal acetylenes is 1. The van der Waals surface area contributed by atoms with Gasteiger partial charge in [0.2, 0.25) is 5.91 Å². The van der Waals surface area contributed by atoms with Crippen LogP contribution in [0.15, 0.2) is 29.2 Å². The van der Waals surface area contributed by atoms with E-state index >= 15 is 0 Å². The molecule has 9 heteroatoms. The van der Waals surface area contributed by atoms with Crippen LogP contribution in [0.3, 0.4) is 0 Å². The third-order valence-corrected chi connectivity index (χ3v) is 6.17. The molecule has 0 aromatic heterocycles. The van der Waals surface area contributed by atoms with Gasteiger partial charge in [0.25, 0.3) is 0 Å². The molecule has 0 unspecified atom stereocenters. The number of nitrogens with one attached hydrogen (secondary N) is 2.